The molecule has 1 aromatic carbocycles. The molecule has 0 bridgehead atoms. The van der Waals surface area contributed by atoms with Crippen molar-refractivity contribution < 1.29 is 5.11 Å². The number of para-hydroxylation sites is 1. The van der Waals surface area contributed by atoms with E-state index in [2.05, 4.69) is 28.3 Å². The molecule has 0 unspecified atom stereocenters. The third-order valence-corrected chi connectivity index (χ3v) is 6.16. The first kappa shape index (κ1) is 19.7. The monoisotopic (exact) mass is 391 g/mol. The van der Waals surface area contributed by atoms with Gasteiger partial charge in [-0.05, 0) is 44.2 Å². The molecule has 6 heteroatoms. The highest BCUT2D eigenvalue weighted by atomic mass is 16.3. The maximum atomic E-state index is 9.48. The second kappa shape index (κ2) is 8.84. The molecule has 3 aromatic rings. The molecule has 6 nitrogen and oxygen atoms in total. The van der Waals surface area contributed by atoms with Crippen LogP contribution in [0.25, 0.3) is 22.3 Å². The van der Waals surface area contributed by atoms with E-state index in [-0.39, 0.29) is 12.1 Å². The third-order valence-electron chi connectivity index (χ3n) is 6.16. The Hall–Kier alpha value is -2.57. The predicted octanol–water partition coefficient (Wildman–Crippen LogP) is 3.73. The van der Waals surface area contributed by atoms with Gasteiger partial charge in [-0.2, -0.15) is 0 Å². The minimum atomic E-state index is 0.0455. The molecule has 1 aliphatic carbocycles. The van der Waals surface area contributed by atoms with Crippen molar-refractivity contribution in [3.05, 3.63) is 48.8 Å². The first-order valence-electron chi connectivity index (χ1n) is 10.4. The molecule has 0 radical (unpaired) electrons. The van der Waals surface area contributed by atoms with Crippen molar-refractivity contribution in [1.82, 2.24) is 19.9 Å². The van der Waals surface area contributed by atoms with Gasteiger partial charge in [-0.3, -0.25) is 9.88 Å². The van der Waals surface area contributed by atoms with Gasteiger partial charge in [0.15, 0.2) is 5.82 Å². The molecule has 1 aliphatic rings. The van der Waals surface area contributed by atoms with E-state index in [9.17, 15) is 5.11 Å². The Bertz CT molecular complexity index is 940. The Labute approximate surface area is 172 Å². The molecule has 2 heterocycles. The van der Waals surface area contributed by atoms with E-state index in [4.69, 9.17) is 9.97 Å². The number of rotatable bonds is 7. The Morgan fingerprint density at radius 2 is 1.79 bits per heavy atom. The maximum Gasteiger partial charge on any atom is 0.162 e. The fourth-order valence-electron chi connectivity index (χ4n) is 4.38. The summed E-state index contributed by atoms with van der Waals surface area (Å²) < 4.78 is 0. The van der Waals surface area contributed by atoms with E-state index in [0.717, 1.165) is 41.7 Å². The Kier molecular flexibility index (Phi) is 6.02. The summed E-state index contributed by atoms with van der Waals surface area (Å²) in [6.45, 7) is 1.68. The highest BCUT2D eigenvalue weighted by molar-refractivity contribution is 5.90. The van der Waals surface area contributed by atoms with Gasteiger partial charge in [-0.25, -0.2) is 9.97 Å². The summed E-state index contributed by atoms with van der Waals surface area (Å²) in [6, 6.07) is 12.0. The number of β-amino-alcohol motifs (C(OH)–C–C–N with tert-alkyl or cyclic N) is 1. The number of fused-ring (bicyclic) bond motifs is 1. The highest BCUT2D eigenvalue weighted by Crippen LogP contribution is 2.34. The van der Waals surface area contributed by atoms with Gasteiger partial charge >= 0.3 is 0 Å². The van der Waals surface area contributed by atoms with Gasteiger partial charge in [0.25, 0.3) is 0 Å². The standard InChI is InChI=1S/C23H29N5O/c1-28(15-16-29)23(11-5-2-6-12-23)17-25-22-19-7-3-4-8-20(19)26-21(27-22)18-9-13-24-14-10-18/h3-4,7-10,13-14,29H,2,5-6,11-12,15-17H2,1H3,(H,25,26,27). The summed E-state index contributed by atoms with van der Waals surface area (Å²) in [7, 11) is 2.13. The van der Waals surface area contributed by atoms with Crippen LogP contribution in [0.2, 0.25) is 0 Å². The Morgan fingerprint density at radius 1 is 1.03 bits per heavy atom. The largest absolute Gasteiger partial charge is 0.395 e. The lowest BCUT2D eigenvalue weighted by Crippen LogP contribution is -2.53. The normalized spacial score (nSPS) is 16.2. The maximum absolute atomic E-state index is 9.48. The van der Waals surface area contributed by atoms with Crippen molar-refractivity contribution in [2.75, 3.05) is 32.1 Å². The summed E-state index contributed by atoms with van der Waals surface area (Å²) in [5.41, 5.74) is 1.93. The number of hydrogen-bond donors (Lipinski definition) is 2. The van der Waals surface area contributed by atoms with E-state index < -0.39 is 0 Å². The minimum Gasteiger partial charge on any atom is -0.395 e. The number of likely N-dealkylation sites (N-methyl/N-ethyl adjacent to an activating group) is 1. The summed E-state index contributed by atoms with van der Waals surface area (Å²) in [5.74, 6) is 1.57. The lowest BCUT2D eigenvalue weighted by Gasteiger charge is -2.45. The van der Waals surface area contributed by atoms with Gasteiger partial charge in [-0.15, -0.1) is 0 Å². The fourth-order valence-corrected chi connectivity index (χ4v) is 4.38. The van der Waals surface area contributed by atoms with Gasteiger partial charge in [0.2, 0.25) is 0 Å². The first-order valence-corrected chi connectivity index (χ1v) is 10.4. The molecule has 2 N–H and O–H groups in total. The van der Waals surface area contributed by atoms with Crippen molar-refractivity contribution in [1.29, 1.82) is 0 Å². The number of benzene rings is 1. The zero-order valence-corrected chi connectivity index (χ0v) is 17.0. The summed E-state index contributed by atoms with van der Waals surface area (Å²) in [5, 5.41) is 14.2. The van der Waals surface area contributed by atoms with Gasteiger partial charge in [0.05, 0.1) is 12.1 Å². The molecule has 0 amide bonds. The van der Waals surface area contributed by atoms with Crippen LogP contribution < -0.4 is 5.32 Å². The molecule has 4 rings (SSSR count). The van der Waals surface area contributed by atoms with E-state index in [0.29, 0.717) is 12.4 Å². The number of aliphatic hydroxyl groups excluding tert-OH is 1. The Balaban J connectivity index is 1.67. The first-order chi connectivity index (χ1) is 14.2. The van der Waals surface area contributed by atoms with Gasteiger partial charge in [0, 0.05) is 42.0 Å². The van der Waals surface area contributed by atoms with Crippen LogP contribution in [-0.4, -0.2) is 57.2 Å². The molecule has 0 aliphatic heterocycles. The molecule has 0 atom stereocenters. The van der Waals surface area contributed by atoms with Crippen LogP contribution >= 0.6 is 0 Å². The number of nitrogens with zero attached hydrogens (tertiary/aromatic N) is 4. The summed E-state index contributed by atoms with van der Waals surface area (Å²) in [6.07, 6.45) is 9.54. The van der Waals surface area contributed by atoms with E-state index in [1.807, 2.05) is 30.3 Å². The van der Waals surface area contributed by atoms with E-state index >= 15 is 0 Å². The molecule has 0 spiro atoms. The van der Waals surface area contributed by atoms with Crippen LogP contribution in [0.1, 0.15) is 32.1 Å². The van der Waals surface area contributed by atoms with Crippen LogP contribution in [0.3, 0.4) is 0 Å². The number of nitrogens with one attached hydrogen (secondary N) is 1. The molecule has 2 aromatic heterocycles. The fraction of sp³-hybridized carbons (Fsp3) is 0.435. The predicted molar refractivity (Wildman–Crippen MR) is 117 cm³/mol. The van der Waals surface area contributed by atoms with Crippen LogP contribution in [0.5, 0.6) is 0 Å². The smallest absolute Gasteiger partial charge is 0.162 e. The van der Waals surface area contributed by atoms with Crippen LogP contribution in [0.15, 0.2) is 48.8 Å². The zero-order chi connectivity index (χ0) is 20.1. The topological polar surface area (TPSA) is 74.2 Å². The molecule has 29 heavy (non-hydrogen) atoms. The lowest BCUT2D eigenvalue weighted by molar-refractivity contribution is 0.0690. The van der Waals surface area contributed by atoms with Crippen LogP contribution in [0.4, 0.5) is 5.82 Å². The third kappa shape index (κ3) is 4.23. The number of aromatic nitrogens is 3. The summed E-state index contributed by atoms with van der Waals surface area (Å²) >= 11 is 0. The molecule has 0 saturated heterocycles. The SMILES string of the molecule is CN(CCO)C1(CNc2nc(-c3ccncc3)nc3ccccc23)CCCCC1. The van der Waals surface area contributed by atoms with E-state index in [1.165, 1.54) is 19.3 Å². The number of hydrogen-bond acceptors (Lipinski definition) is 6. The van der Waals surface area contributed by atoms with Crippen molar-refractivity contribution in [2.24, 2.45) is 0 Å². The number of anilines is 1. The Morgan fingerprint density at radius 3 is 2.55 bits per heavy atom. The summed E-state index contributed by atoms with van der Waals surface area (Å²) in [4.78, 5) is 16.1. The van der Waals surface area contributed by atoms with Crippen LogP contribution in [0, 0.1) is 0 Å². The van der Waals surface area contributed by atoms with Gasteiger partial charge in [-0.1, -0.05) is 31.4 Å². The molecule has 1 saturated carbocycles. The second-order valence-corrected chi connectivity index (χ2v) is 7.93. The zero-order valence-electron chi connectivity index (χ0n) is 17.0. The molecular weight excluding hydrogens is 362 g/mol. The molecule has 1 fully saturated rings. The average molecular weight is 392 g/mol. The lowest BCUT2D eigenvalue weighted by atomic mass is 9.80. The van der Waals surface area contributed by atoms with Crippen LogP contribution in [-0.2, 0) is 0 Å². The quantitative estimate of drug-likeness (QED) is 0.639. The molecular formula is C23H29N5O. The van der Waals surface area contributed by atoms with E-state index in [1.54, 1.807) is 12.4 Å². The number of pyridine rings is 1. The minimum absolute atomic E-state index is 0.0455. The molecule has 152 valence electrons. The van der Waals surface area contributed by atoms with Crippen molar-refractivity contribution >= 4 is 16.7 Å². The highest BCUT2D eigenvalue weighted by Gasteiger charge is 2.35. The van der Waals surface area contributed by atoms with Crippen molar-refractivity contribution in [2.45, 2.75) is 37.6 Å². The van der Waals surface area contributed by atoms with Crippen molar-refractivity contribution in [3.8, 4) is 11.4 Å². The van der Waals surface area contributed by atoms with Gasteiger partial charge in [0.1, 0.15) is 5.82 Å². The second-order valence-electron chi connectivity index (χ2n) is 7.93. The van der Waals surface area contributed by atoms with Crippen molar-refractivity contribution in [3.63, 3.8) is 0 Å². The number of aliphatic hydroxyl groups is 1. The average Bonchev–Trinajstić information content (AvgIpc) is 2.78. The van der Waals surface area contributed by atoms with Gasteiger partial charge < -0.3 is 10.4 Å².